The summed E-state index contributed by atoms with van der Waals surface area (Å²) in [5.74, 6) is 0.562. The molecule has 0 unspecified atom stereocenters. The Morgan fingerprint density at radius 1 is 1.44 bits per heavy atom. The van der Waals surface area contributed by atoms with Crippen LogP contribution in [0.4, 0.5) is 11.4 Å². The molecule has 5 heteroatoms. The van der Waals surface area contributed by atoms with Gasteiger partial charge in [0.25, 0.3) is 0 Å². The van der Waals surface area contributed by atoms with Crippen molar-refractivity contribution in [2.75, 3.05) is 11.1 Å². The average molecular weight is 265 g/mol. The van der Waals surface area contributed by atoms with Crippen LogP contribution in [0.15, 0.2) is 12.3 Å². The summed E-state index contributed by atoms with van der Waals surface area (Å²) >= 11 is 5.86. The van der Waals surface area contributed by atoms with Crippen LogP contribution in [-0.4, -0.2) is 11.0 Å². The van der Waals surface area contributed by atoms with Crippen molar-refractivity contribution in [2.24, 2.45) is 5.92 Å². The van der Waals surface area contributed by atoms with Crippen LogP contribution in [0.2, 0.25) is 5.15 Å². The van der Waals surface area contributed by atoms with Gasteiger partial charge in [-0.3, -0.25) is 0 Å². The number of rotatable bonds is 3. The maximum atomic E-state index is 8.68. The van der Waals surface area contributed by atoms with Crippen molar-refractivity contribution in [3.05, 3.63) is 17.4 Å². The monoisotopic (exact) mass is 264 g/mol. The van der Waals surface area contributed by atoms with E-state index in [9.17, 15) is 0 Å². The van der Waals surface area contributed by atoms with Gasteiger partial charge in [0.05, 0.1) is 23.6 Å². The Hall–Kier alpha value is -1.47. The molecule has 1 aliphatic carbocycles. The summed E-state index contributed by atoms with van der Waals surface area (Å²) in [7, 11) is 0. The summed E-state index contributed by atoms with van der Waals surface area (Å²) in [4.78, 5) is 3.93. The Balaban J connectivity index is 1.92. The Labute approximate surface area is 112 Å². The molecule has 0 amide bonds. The molecular weight excluding hydrogens is 248 g/mol. The fourth-order valence-electron chi connectivity index (χ4n) is 2.43. The molecule has 18 heavy (non-hydrogen) atoms. The molecule has 1 fully saturated rings. The molecule has 1 aromatic heterocycles. The third-order valence-electron chi connectivity index (χ3n) is 3.49. The molecule has 96 valence electrons. The molecule has 2 rings (SSSR count). The highest BCUT2D eigenvalue weighted by atomic mass is 35.5. The van der Waals surface area contributed by atoms with E-state index in [0.29, 0.717) is 29.2 Å². The molecule has 0 radical (unpaired) electrons. The number of pyridine rings is 1. The third kappa shape index (κ3) is 3.27. The zero-order valence-corrected chi connectivity index (χ0v) is 11.0. The quantitative estimate of drug-likeness (QED) is 0.822. The van der Waals surface area contributed by atoms with E-state index >= 15 is 0 Å². The smallest absolute Gasteiger partial charge is 0.131 e. The number of hydrogen-bond donors (Lipinski definition) is 2. The number of nitrogen functional groups attached to an aromatic ring is 1. The minimum absolute atomic E-state index is 0.417. The lowest BCUT2D eigenvalue weighted by Crippen LogP contribution is -2.26. The van der Waals surface area contributed by atoms with Crippen LogP contribution in [-0.2, 0) is 0 Å². The third-order valence-corrected chi connectivity index (χ3v) is 3.69. The summed E-state index contributed by atoms with van der Waals surface area (Å²) in [5, 5.41) is 12.6. The largest absolute Gasteiger partial charge is 0.396 e. The summed E-state index contributed by atoms with van der Waals surface area (Å²) in [5.41, 5.74) is 7.34. The van der Waals surface area contributed by atoms with Crippen LogP contribution in [0, 0.1) is 17.2 Å². The van der Waals surface area contributed by atoms with Gasteiger partial charge < -0.3 is 11.1 Å². The second kappa shape index (κ2) is 5.92. The molecule has 0 bridgehead atoms. The summed E-state index contributed by atoms with van der Waals surface area (Å²) in [6, 6.07) is 4.43. The van der Waals surface area contributed by atoms with E-state index in [4.69, 9.17) is 22.6 Å². The molecule has 3 N–H and O–H groups in total. The number of hydrogen-bond acceptors (Lipinski definition) is 4. The van der Waals surface area contributed by atoms with Crippen LogP contribution in [0.5, 0.6) is 0 Å². The van der Waals surface area contributed by atoms with E-state index in [2.05, 4.69) is 16.4 Å². The van der Waals surface area contributed by atoms with E-state index in [1.807, 2.05) is 0 Å². The second-order valence-electron chi connectivity index (χ2n) is 4.82. The van der Waals surface area contributed by atoms with Gasteiger partial charge in [-0.15, -0.1) is 0 Å². The molecule has 1 aromatic rings. The van der Waals surface area contributed by atoms with Gasteiger partial charge in [0.2, 0.25) is 0 Å². The van der Waals surface area contributed by atoms with E-state index in [1.54, 1.807) is 12.3 Å². The molecule has 0 aliphatic heterocycles. The summed E-state index contributed by atoms with van der Waals surface area (Å²) < 4.78 is 0. The van der Waals surface area contributed by atoms with Crippen LogP contribution in [0.3, 0.4) is 0 Å². The van der Waals surface area contributed by atoms with Crippen molar-refractivity contribution in [3.63, 3.8) is 0 Å². The minimum Gasteiger partial charge on any atom is -0.396 e. The average Bonchev–Trinajstić information content (AvgIpc) is 2.37. The van der Waals surface area contributed by atoms with Gasteiger partial charge in [0.1, 0.15) is 5.15 Å². The fourth-order valence-corrected chi connectivity index (χ4v) is 2.58. The maximum absolute atomic E-state index is 8.68. The van der Waals surface area contributed by atoms with Crippen LogP contribution < -0.4 is 11.1 Å². The molecule has 0 aromatic carbocycles. The first-order valence-corrected chi connectivity index (χ1v) is 6.61. The first-order valence-electron chi connectivity index (χ1n) is 6.23. The van der Waals surface area contributed by atoms with Crippen LogP contribution in [0.1, 0.15) is 32.1 Å². The molecular formula is C13H17ClN4. The fraction of sp³-hybridized carbons (Fsp3) is 0.538. The first kappa shape index (κ1) is 13.0. The number of nitriles is 1. The van der Waals surface area contributed by atoms with Crippen LogP contribution in [0.25, 0.3) is 0 Å². The van der Waals surface area contributed by atoms with E-state index in [1.165, 1.54) is 0 Å². The lowest BCUT2D eigenvalue weighted by Gasteiger charge is -2.29. The van der Waals surface area contributed by atoms with E-state index in [0.717, 1.165) is 31.4 Å². The lowest BCUT2D eigenvalue weighted by atomic mass is 9.84. The highest BCUT2D eigenvalue weighted by molar-refractivity contribution is 6.29. The predicted octanol–water partition coefficient (Wildman–Crippen LogP) is 3.20. The van der Waals surface area contributed by atoms with Gasteiger partial charge in [-0.05, 0) is 31.6 Å². The Morgan fingerprint density at radius 2 is 2.17 bits per heavy atom. The molecule has 0 saturated heterocycles. The van der Waals surface area contributed by atoms with Crippen molar-refractivity contribution >= 4 is 23.0 Å². The number of nitrogens with one attached hydrogen (secondary N) is 1. The zero-order chi connectivity index (χ0) is 13.0. The molecule has 1 saturated carbocycles. The second-order valence-corrected chi connectivity index (χ2v) is 5.21. The minimum atomic E-state index is 0.417. The van der Waals surface area contributed by atoms with Crippen molar-refractivity contribution in [1.29, 1.82) is 5.26 Å². The van der Waals surface area contributed by atoms with Gasteiger partial charge in [0, 0.05) is 18.5 Å². The highest BCUT2D eigenvalue weighted by Crippen LogP contribution is 2.30. The standard InChI is InChI=1S/C13H17ClN4/c14-13-7-12(11(16)8-17-13)18-10-3-1-9(2-4-10)5-6-15/h7-10H,1-5,16H2,(H,17,18). The Bertz CT molecular complexity index is 447. The highest BCUT2D eigenvalue weighted by Gasteiger charge is 2.21. The predicted molar refractivity (Wildman–Crippen MR) is 73.3 cm³/mol. The first-order chi connectivity index (χ1) is 8.69. The van der Waals surface area contributed by atoms with Crippen molar-refractivity contribution < 1.29 is 0 Å². The van der Waals surface area contributed by atoms with Crippen molar-refractivity contribution in [3.8, 4) is 6.07 Å². The van der Waals surface area contributed by atoms with Crippen LogP contribution >= 0.6 is 11.6 Å². The molecule has 1 heterocycles. The zero-order valence-electron chi connectivity index (χ0n) is 10.2. The number of nitrogens with two attached hydrogens (primary N) is 1. The molecule has 4 nitrogen and oxygen atoms in total. The SMILES string of the molecule is N#CCC1CCC(Nc2cc(Cl)ncc2N)CC1. The maximum Gasteiger partial charge on any atom is 0.131 e. The van der Waals surface area contributed by atoms with Gasteiger partial charge in [-0.25, -0.2) is 4.98 Å². The molecule has 0 spiro atoms. The van der Waals surface area contributed by atoms with Gasteiger partial charge >= 0.3 is 0 Å². The van der Waals surface area contributed by atoms with Crippen molar-refractivity contribution in [2.45, 2.75) is 38.1 Å². The summed E-state index contributed by atoms with van der Waals surface area (Å²) in [6.45, 7) is 0. The van der Waals surface area contributed by atoms with Gasteiger partial charge in [-0.2, -0.15) is 5.26 Å². The Kier molecular flexibility index (Phi) is 4.27. The number of nitrogens with zero attached hydrogens (tertiary/aromatic N) is 2. The normalized spacial score (nSPS) is 23.3. The number of halogens is 1. The molecule has 0 atom stereocenters. The lowest BCUT2D eigenvalue weighted by molar-refractivity contribution is 0.343. The topological polar surface area (TPSA) is 74.7 Å². The van der Waals surface area contributed by atoms with Crippen molar-refractivity contribution in [1.82, 2.24) is 4.98 Å². The number of aromatic nitrogens is 1. The molecule has 1 aliphatic rings. The van der Waals surface area contributed by atoms with E-state index in [-0.39, 0.29) is 0 Å². The van der Waals surface area contributed by atoms with E-state index < -0.39 is 0 Å². The summed E-state index contributed by atoms with van der Waals surface area (Å²) in [6.07, 6.45) is 6.60. The van der Waals surface area contributed by atoms with Gasteiger partial charge in [-0.1, -0.05) is 11.6 Å². The Morgan fingerprint density at radius 3 is 2.83 bits per heavy atom. The van der Waals surface area contributed by atoms with Gasteiger partial charge in [0.15, 0.2) is 0 Å². The number of anilines is 2.